The molecule has 2 aromatic rings. The average molecular weight is 359 g/mol. The summed E-state index contributed by atoms with van der Waals surface area (Å²) in [6.45, 7) is 3.31. The van der Waals surface area contributed by atoms with Gasteiger partial charge in [-0.25, -0.2) is 0 Å². The highest BCUT2D eigenvalue weighted by Crippen LogP contribution is 2.30. The van der Waals surface area contributed by atoms with Crippen LogP contribution in [0.3, 0.4) is 0 Å². The van der Waals surface area contributed by atoms with Crippen LogP contribution in [0.2, 0.25) is 5.02 Å². The van der Waals surface area contributed by atoms with Gasteiger partial charge in [0.25, 0.3) is 0 Å². The molecule has 2 aromatic carbocycles. The van der Waals surface area contributed by atoms with Crippen molar-refractivity contribution in [2.45, 2.75) is 26.3 Å². The van der Waals surface area contributed by atoms with E-state index < -0.39 is 6.36 Å². The van der Waals surface area contributed by atoms with Crippen LogP contribution < -0.4 is 15.4 Å². The first-order valence-electron chi connectivity index (χ1n) is 7.43. The molecule has 2 N–H and O–H groups in total. The average Bonchev–Trinajstić information content (AvgIpc) is 2.47. The molecule has 0 aliphatic carbocycles. The number of alkyl halides is 3. The lowest BCUT2D eigenvalue weighted by Gasteiger charge is -2.26. The van der Waals surface area contributed by atoms with Crippen molar-refractivity contribution in [3.63, 3.8) is 0 Å². The van der Waals surface area contributed by atoms with Gasteiger partial charge in [-0.2, -0.15) is 0 Å². The predicted octanol–water partition coefficient (Wildman–Crippen LogP) is 5.24. The molecule has 0 aliphatic heterocycles. The van der Waals surface area contributed by atoms with E-state index in [2.05, 4.69) is 9.64 Å². The van der Waals surface area contributed by atoms with E-state index in [9.17, 15) is 13.2 Å². The summed E-state index contributed by atoms with van der Waals surface area (Å²) in [5, 5.41) is 0.542. The van der Waals surface area contributed by atoms with Crippen molar-refractivity contribution in [2.24, 2.45) is 0 Å². The summed E-state index contributed by atoms with van der Waals surface area (Å²) < 4.78 is 40.5. The van der Waals surface area contributed by atoms with Gasteiger partial charge in [-0.05, 0) is 42.3 Å². The summed E-state index contributed by atoms with van der Waals surface area (Å²) in [5.74, 6) is -0.237. The number of halogens is 4. The van der Waals surface area contributed by atoms with Gasteiger partial charge in [0.05, 0.1) is 10.7 Å². The highest BCUT2D eigenvalue weighted by molar-refractivity contribution is 6.33. The molecule has 7 heteroatoms. The summed E-state index contributed by atoms with van der Waals surface area (Å²) in [7, 11) is 0. The topological polar surface area (TPSA) is 38.5 Å². The minimum Gasteiger partial charge on any atom is -0.406 e. The molecule has 0 saturated heterocycles. The van der Waals surface area contributed by atoms with Crippen molar-refractivity contribution in [1.29, 1.82) is 0 Å². The fourth-order valence-electron chi connectivity index (χ4n) is 2.35. The first-order chi connectivity index (χ1) is 11.3. The zero-order valence-electron chi connectivity index (χ0n) is 13.1. The van der Waals surface area contributed by atoms with Crippen molar-refractivity contribution < 1.29 is 17.9 Å². The molecule has 0 aliphatic rings. The minimum atomic E-state index is -4.69. The SMILES string of the molecule is CCCN(Cc1ccc(OC(F)(F)F)cc1)c1ccc(N)cc1Cl. The van der Waals surface area contributed by atoms with Gasteiger partial charge < -0.3 is 15.4 Å². The smallest absolute Gasteiger partial charge is 0.406 e. The maximum absolute atomic E-state index is 12.2. The van der Waals surface area contributed by atoms with Gasteiger partial charge in [0.2, 0.25) is 0 Å². The van der Waals surface area contributed by atoms with Crippen LogP contribution in [0.25, 0.3) is 0 Å². The highest BCUT2D eigenvalue weighted by Gasteiger charge is 2.30. The molecule has 0 atom stereocenters. The predicted molar refractivity (Wildman–Crippen MR) is 90.3 cm³/mol. The maximum Gasteiger partial charge on any atom is 0.573 e. The van der Waals surface area contributed by atoms with Crippen LogP contribution in [0.5, 0.6) is 5.75 Å². The molecule has 0 amide bonds. The number of nitrogen functional groups attached to an aromatic ring is 1. The first-order valence-corrected chi connectivity index (χ1v) is 7.81. The molecular weight excluding hydrogens is 341 g/mol. The molecule has 0 saturated carbocycles. The fourth-order valence-corrected chi connectivity index (χ4v) is 2.66. The van der Waals surface area contributed by atoms with Crippen LogP contribution in [0.15, 0.2) is 42.5 Å². The van der Waals surface area contributed by atoms with Crippen molar-refractivity contribution in [3.05, 3.63) is 53.1 Å². The Labute approximate surface area is 143 Å². The zero-order valence-corrected chi connectivity index (χ0v) is 13.9. The Bertz CT molecular complexity index is 675. The fraction of sp³-hybridized carbons (Fsp3) is 0.294. The molecule has 0 bridgehead atoms. The Balaban J connectivity index is 2.15. The number of nitrogens with two attached hydrogens (primary N) is 1. The molecule has 130 valence electrons. The van der Waals surface area contributed by atoms with E-state index in [1.165, 1.54) is 12.1 Å². The second-order valence-corrected chi connectivity index (χ2v) is 5.73. The van der Waals surface area contributed by atoms with Crippen LogP contribution >= 0.6 is 11.6 Å². The number of benzene rings is 2. The van der Waals surface area contributed by atoms with Crippen molar-refractivity contribution in [3.8, 4) is 5.75 Å². The lowest BCUT2D eigenvalue weighted by molar-refractivity contribution is -0.274. The van der Waals surface area contributed by atoms with Crippen LogP contribution in [0.4, 0.5) is 24.5 Å². The number of anilines is 2. The van der Waals surface area contributed by atoms with E-state index >= 15 is 0 Å². The second-order valence-electron chi connectivity index (χ2n) is 5.32. The Morgan fingerprint density at radius 1 is 1.12 bits per heavy atom. The van der Waals surface area contributed by atoms with Crippen molar-refractivity contribution in [1.82, 2.24) is 0 Å². The van der Waals surface area contributed by atoms with Crippen molar-refractivity contribution >= 4 is 23.0 Å². The molecule has 3 nitrogen and oxygen atoms in total. The van der Waals surface area contributed by atoms with E-state index in [1.54, 1.807) is 24.3 Å². The van der Waals surface area contributed by atoms with E-state index in [-0.39, 0.29) is 5.75 Å². The highest BCUT2D eigenvalue weighted by atomic mass is 35.5. The Hall–Kier alpha value is -2.08. The first kappa shape index (κ1) is 18.3. The Morgan fingerprint density at radius 3 is 2.33 bits per heavy atom. The quantitative estimate of drug-likeness (QED) is 0.718. The minimum absolute atomic E-state index is 0.237. The van der Waals surface area contributed by atoms with Gasteiger partial charge in [-0.1, -0.05) is 30.7 Å². The molecule has 0 heterocycles. The molecule has 0 spiro atoms. The molecule has 2 rings (SSSR count). The third-order valence-electron chi connectivity index (χ3n) is 3.34. The van der Waals surface area contributed by atoms with Crippen LogP contribution in [0, 0.1) is 0 Å². The van der Waals surface area contributed by atoms with E-state index in [0.717, 1.165) is 24.2 Å². The molecule has 0 fully saturated rings. The van der Waals surface area contributed by atoms with Crippen LogP contribution in [0.1, 0.15) is 18.9 Å². The van der Waals surface area contributed by atoms with Crippen LogP contribution in [-0.2, 0) is 6.54 Å². The normalized spacial score (nSPS) is 11.4. The Kier molecular flexibility index (Phi) is 5.83. The van der Waals surface area contributed by atoms with Gasteiger partial charge in [-0.15, -0.1) is 13.2 Å². The van der Waals surface area contributed by atoms with Gasteiger partial charge in [0, 0.05) is 18.8 Å². The zero-order chi connectivity index (χ0) is 17.7. The second kappa shape index (κ2) is 7.66. The maximum atomic E-state index is 12.2. The standard InChI is InChI=1S/C17H18ClF3N2O/c1-2-9-23(16-8-5-13(22)10-15(16)18)11-12-3-6-14(7-4-12)24-17(19,20)21/h3-8,10H,2,9,11,22H2,1H3. The van der Waals surface area contributed by atoms with E-state index in [4.69, 9.17) is 17.3 Å². The van der Waals surface area contributed by atoms with Crippen molar-refractivity contribution in [2.75, 3.05) is 17.2 Å². The Morgan fingerprint density at radius 2 is 1.79 bits per heavy atom. The largest absolute Gasteiger partial charge is 0.573 e. The monoisotopic (exact) mass is 358 g/mol. The number of hydrogen-bond acceptors (Lipinski definition) is 3. The summed E-state index contributed by atoms with van der Waals surface area (Å²) in [6, 6.07) is 11.1. The lowest BCUT2D eigenvalue weighted by atomic mass is 10.1. The van der Waals surface area contributed by atoms with Gasteiger partial charge in [0.1, 0.15) is 5.75 Å². The lowest BCUT2D eigenvalue weighted by Crippen LogP contribution is -2.24. The molecule has 0 aromatic heterocycles. The van der Waals surface area contributed by atoms with E-state index in [0.29, 0.717) is 17.3 Å². The van der Waals surface area contributed by atoms with Gasteiger partial charge in [-0.3, -0.25) is 0 Å². The molecule has 0 unspecified atom stereocenters. The summed E-state index contributed by atoms with van der Waals surface area (Å²) in [6.07, 6.45) is -3.79. The van der Waals surface area contributed by atoms with Gasteiger partial charge in [0.15, 0.2) is 0 Å². The number of rotatable bonds is 6. The summed E-state index contributed by atoms with van der Waals surface area (Å²) >= 11 is 6.26. The molecule has 24 heavy (non-hydrogen) atoms. The van der Waals surface area contributed by atoms with Crippen LogP contribution in [-0.4, -0.2) is 12.9 Å². The summed E-state index contributed by atoms with van der Waals surface area (Å²) in [5.41, 5.74) is 7.98. The third kappa shape index (κ3) is 5.23. The van der Waals surface area contributed by atoms with Gasteiger partial charge >= 0.3 is 6.36 Å². The number of nitrogens with zero attached hydrogens (tertiary/aromatic N) is 1. The number of ether oxygens (including phenoxy) is 1. The number of hydrogen-bond donors (Lipinski definition) is 1. The van der Waals surface area contributed by atoms with E-state index in [1.807, 2.05) is 13.0 Å². The molecular formula is C17H18ClF3N2O. The summed E-state index contributed by atoms with van der Waals surface area (Å²) in [4.78, 5) is 2.06. The molecule has 0 radical (unpaired) electrons. The third-order valence-corrected chi connectivity index (χ3v) is 3.64.